The van der Waals surface area contributed by atoms with E-state index in [0.29, 0.717) is 17.2 Å². The summed E-state index contributed by atoms with van der Waals surface area (Å²) in [7, 11) is -3.47. The largest absolute Gasteiger partial charge is 0.396 e. The van der Waals surface area contributed by atoms with Gasteiger partial charge in [0, 0.05) is 12.6 Å². The number of rotatable bonds is 6. The first-order valence-corrected chi connectivity index (χ1v) is 8.83. The van der Waals surface area contributed by atoms with E-state index in [1.54, 1.807) is 6.07 Å². The maximum atomic E-state index is 12.5. The Hall–Kier alpha value is -0.910. The van der Waals surface area contributed by atoms with Gasteiger partial charge in [-0.3, -0.25) is 0 Å². The second-order valence-corrected chi connectivity index (χ2v) is 7.58. The SMILES string of the molecule is O=S(=O)(NC(CCO)C1CC1)c1ccc2c(c1)CCC2. The molecule has 5 heteroatoms. The van der Waals surface area contributed by atoms with Gasteiger partial charge in [-0.1, -0.05) is 6.07 Å². The lowest BCUT2D eigenvalue weighted by atomic mass is 10.1. The van der Waals surface area contributed by atoms with E-state index in [9.17, 15) is 8.42 Å². The van der Waals surface area contributed by atoms with Gasteiger partial charge in [0.1, 0.15) is 0 Å². The molecule has 0 amide bonds. The lowest BCUT2D eigenvalue weighted by Gasteiger charge is -2.17. The van der Waals surface area contributed by atoms with E-state index in [0.717, 1.165) is 37.7 Å². The Balaban J connectivity index is 1.80. The molecule has 1 aromatic rings. The monoisotopic (exact) mass is 295 g/mol. The summed E-state index contributed by atoms with van der Waals surface area (Å²) in [4.78, 5) is 0.363. The molecule has 0 heterocycles. The van der Waals surface area contributed by atoms with Crippen molar-refractivity contribution in [1.82, 2.24) is 4.72 Å². The Morgan fingerprint density at radius 3 is 2.70 bits per heavy atom. The minimum absolute atomic E-state index is 0.0217. The maximum Gasteiger partial charge on any atom is 0.240 e. The van der Waals surface area contributed by atoms with Crippen LogP contribution in [0.15, 0.2) is 23.1 Å². The Kier molecular flexibility index (Phi) is 3.84. The van der Waals surface area contributed by atoms with Gasteiger partial charge in [0.05, 0.1) is 4.90 Å². The molecule has 110 valence electrons. The van der Waals surface area contributed by atoms with Gasteiger partial charge >= 0.3 is 0 Å². The van der Waals surface area contributed by atoms with Crippen molar-refractivity contribution >= 4 is 10.0 Å². The Labute approximate surface area is 120 Å². The zero-order valence-electron chi connectivity index (χ0n) is 11.5. The first-order chi connectivity index (χ1) is 9.60. The van der Waals surface area contributed by atoms with E-state index < -0.39 is 10.0 Å². The van der Waals surface area contributed by atoms with Crippen LogP contribution in [0.2, 0.25) is 0 Å². The molecule has 0 aromatic heterocycles. The summed E-state index contributed by atoms with van der Waals surface area (Å²) in [6, 6.07) is 5.33. The molecule has 20 heavy (non-hydrogen) atoms. The highest BCUT2D eigenvalue weighted by atomic mass is 32.2. The summed E-state index contributed by atoms with van der Waals surface area (Å²) in [5.74, 6) is 0.395. The molecule has 1 fully saturated rings. The van der Waals surface area contributed by atoms with Crippen molar-refractivity contribution < 1.29 is 13.5 Å². The number of aryl methyl sites for hydroxylation is 2. The molecule has 3 rings (SSSR count). The summed E-state index contributed by atoms with van der Waals surface area (Å²) < 4.78 is 27.7. The maximum absolute atomic E-state index is 12.5. The molecule has 0 aliphatic heterocycles. The van der Waals surface area contributed by atoms with Crippen LogP contribution in [0.4, 0.5) is 0 Å². The fourth-order valence-electron chi connectivity index (χ4n) is 3.01. The molecule has 0 spiro atoms. The number of sulfonamides is 1. The Bertz CT molecular complexity index is 593. The van der Waals surface area contributed by atoms with Gasteiger partial charge in [-0.25, -0.2) is 13.1 Å². The van der Waals surface area contributed by atoms with Gasteiger partial charge in [-0.2, -0.15) is 0 Å². The topological polar surface area (TPSA) is 66.4 Å². The van der Waals surface area contributed by atoms with Crippen molar-refractivity contribution in [2.24, 2.45) is 5.92 Å². The molecule has 0 saturated heterocycles. The molecule has 1 aromatic carbocycles. The standard InChI is InChI=1S/C15H21NO3S/c17-9-8-15(12-4-5-12)16-20(18,19)14-7-6-11-2-1-3-13(11)10-14/h6-7,10,12,15-17H,1-5,8-9H2. The van der Waals surface area contributed by atoms with E-state index in [1.807, 2.05) is 12.1 Å². The number of aliphatic hydroxyl groups is 1. The fraction of sp³-hybridized carbons (Fsp3) is 0.600. The third kappa shape index (κ3) is 2.90. The van der Waals surface area contributed by atoms with Crippen LogP contribution in [-0.2, 0) is 22.9 Å². The fourth-order valence-corrected chi connectivity index (χ4v) is 4.40. The summed E-state index contributed by atoms with van der Waals surface area (Å²) >= 11 is 0. The van der Waals surface area contributed by atoms with Gasteiger partial charge in [-0.15, -0.1) is 0 Å². The van der Waals surface area contributed by atoms with Gasteiger partial charge in [0.2, 0.25) is 10.0 Å². The first kappa shape index (κ1) is 14.0. The van der Waals surface area contributed by atoms with Crippen LogP contribution in [0, 0.1) is 5.92 Å². The normalized spacial score (nSPS) is 19.9. The second-order valence-electron chi connectivity index (χ2n) is 5.86. The van der Waals surface area contributed by atoms with Crippen molar-refractivity contribution in [2.45, 2.75) is 49.5 Å². The number of hydrogen-bond acceptors (Lipinski definition) is 3. The van der Waals surface area contributed by atoms with Crippen LogP contribution >= 0.6 is 0 Å². The van der Waals surface area contributed by atoms with Gasteiger partial charge < -0.3 is 5.11 Å². The Morgan fingerprint density at radius 1 is 1.25 bits per heavy atom. The highest BCUT2D eigenvalue weighted by molar-refractivity contribution is 7.89. The van der Waals surface area contributed by atoms with Crippen molar-refractivity contribution in [1.29, 1.82) is 0 Å². The molecule has 2 N–H and O–H groups in total. The van der Waals surface area contributed by atoms with Crippen LogP contribution < -0.4 is 4.72 Å². The number of benzene rings is 1. The molecule has 2 aliphatic carbocycles. The lowest BCUT2D eigenvalue weighted by molar-refractivity contribution is 0.265. The molecule has 1 saturated carbocycles. The number of fused-ring (bicyclic) bond motifs is 1. The zero-order valence-corrected chi connectivity index (χ0v) is 12.3. The number of aliphatic hydroxyl groups excluding tert-OH is 1. The number of nitrogens with one attached hydrogen (secondary N) is 1. The predicted molar refractivity (Wildman–Crippen MR) is 77.0 cm³/mol. The van der Waals surface area contributed by atoms with Crippen molar-refractivity contribution in [3.05, 3.63) is 29.3 Å². The van der Waals surface area contributed by atoms with Crippen LogP contribution in [0.3, 0.4) is 0 Å². The Morgan fingerprint density at radius 2 is 2.00 bits per heavy atom. The molecule has 0 radical (unpaired) electrons. The first-order valence-electron chi connectivity index (χ1n) is 7.35. The summed E-state index contributed by atoms with van der Waals surface area (Å²) in [5.41, 5.74) is 2.44. The third-order valence-corrected chi connectivity index (χ3v) is 5.81. The van der Waals surface area contributed by atoms with E-state index in [1.165, 1.54) is 5.56 Å². The van der Waals surface area contributed by atoms with Crippen molar-refractivity contribution in [3.8, 4) is 0 Å². The highest BCUT2D eigenvalue weighted by Crippen LogP contribution is 2.35. The molecular weight excluding hydrogens is 274 g/mol. The minimum Gasteiger partial charge on any atom is -0.396 e. The van der Waals surface area contributed by atoms with E-state index >= 15 is 0 Å². The quantitative estimate of drug-likeness (QED) is 0.838. The van der Waals surface area contributed by atoms with E-state index in [2.05, 4.69) is 4.72 Å². The zero-order chi connectivity index (χ0) is 14.2. The van der Waals surface area contributed by atoms with Crippen molar-refractivity contribution in [3.63, 3.8) is 0 Å². The molecular formula is C15H21NO3S. The lowest BCUT2D eigenvalue weighted by Crippen LogP contribution is -2.37. The molecule has 2 aliphatic rings. The molecule has 1 atom stereocenters. The summed E-state index contributed by atoms with van der Waals surface area (Å²) in [5, 5.41) is 9.07. The molecule has 0 bridgehead atoms. The average Bonchev–Trinajstić information content (AvgIpc) is 3.15. The predicted octanol–water partition coefficient (Wildman–Crippen LogP) is 1.61. The highest BCUT2D eigenvalue weighted by Gasteiger charge is 2.34. The van der Waals surface area contributed by atoms with Gasteiger partial charge in [-0.05, 0) is 67.7 Å². The number of hydrogen-bond donors (Lipinski definition) is 2. The summed E-state index contributed by atoms with van der Waals surface area (Å²) in [6.07, 6.45) is 5.74. The van der Waals surface area contributed by atoms with Gasteiger partial charge in [0.25, 0.3) is 0 Å². The smallest absolute Gasteiger partial charge is 0.240 e. The van der Waals surface area contributed by atoms with Crippen LogP contribution in [0.25, 0.3) is 0 Å². The van der Waals surface area contributed by atoms with Crippen molar-refractivity contribution in [2.75, 3.05) is 6.61 Å². The van der Waals surface area contributed by atoms with Crippen LogP contribution in [0.1, 0.15) is 36.8 Å². The molecule has 4 nitrogen and oxygen atoms in total. The minimum atomic E-state index is -3.47. The molecule has 1 unspecified atom stereocenters. The average molecular weight is 295 g/mol. The second kappa shape index (κ2) is 5.47. The van der Waals surface area contributed by atoms with Crippen LogP contribution in [-0.4, -0.2) is 26.2 Å². The third-order valence-electron chi connectivity index (χ3n) is 4.32. The van der Waals surface area contributed by atoms with Gasteiger partial charge in [0.15, 0.2) is 0 Å². The van der Waals surface area contributed by atoms with E-state index in [4.69, 9.17) is 5.11 Å². The summed E-state index contributed by atoms with van der Waals surface area (Å²) in [6.45, 7) is 0.0217. The van der Waals surface area contributed by atoms with Crippen LogP contribution in [0.5, 0.6) is 0 Å². The van der Waals surface area contributed by atoms with E-state index in [-0.39, 0.29) is 12.6 Å².